The van der Waals surface area contributed by atoms with E-state index >= 15 is 0 Å². The van der Waals surface area contributed by atoms with Gasteiger partial charge >= 0.3 is 0 Å². The van der Waals surface area contributed by atoms with Gasteiger partial charge in [-0.15, -0.1) is 0 Å². The molecule has 0 unspecified atom stereocenters. The van der Waals surface area contributed by atoms with E-state index in [2.05, 4.69) is 52.8 Å². The summed E-state index contributed by atoms with van der Waals surface area (Å²) in [6.07, 6.45) is 5.19. The smallest absolute Gasteiger partial charge is 0.0543 e. The normalized spacial score (nSPS) is 10.6. The van der Waals surface area contributed by atoms with Gasteiger partial charge in [0, 0.05) is 6.20 Å². The molecule has 0 aliphatic carbocycles. The molecule has 0 saturated carbocycles. The van der Waals surface area contributed by atoms with Crippen LogP contribution >= 0.6 is 0 Å². The molecule has 1 rings (SSSR count). The fraction of sp³-hybridized carbons (Fsp3) is 0.727. The van der Waals surface area contributed by atoms with Gasteiger partial charge in [0.05, 0.1) is 11.7 Å². The summed E-state index contributed by atoms with van der Waals surface area (Å²) in [5, 5.41) is 4.20. The van der Waals surface area contributed by atoms with Crippen molar-refractivity contribution in [3.63, 3.8) is 0 Å². The second kappa shape index (κ2) is 5.05. The van der Waals surface area contributed by atoms with Crippen LogP contribution in [0.5, 0.6) is 0 Å². The Bertz CT molecular complexity index is 230. The Morgan fingerprint density at radius 2 is 1.77 bits per heavy atom. The van der Waals surface area contributed by atoms with Crippen molar-refractivity contribution in [1.82, 2.24) is 9.78 Å². The van der Waals surface area contributed by atoms with E-state index in [4.69, 9.17) is 0 Å². The van der Waals surface area contributed by atoms with Crippen molar-refractivity contribution in [2.24, 2.45) is 0 Å². The standard InChI is InChI=1S/C8H14N2.C3H8/c1-7-5-9-10(6-7)8(2,3)4;1-3-2/h5-6H,1-4H3;3H2,1-2H3. The van der Waals surface area contributed by atoms with Gasteiger partial charge in [-0.05, 0) is 33.3 Å². The van der Waals surface area contributed by atoms with Crippen molar-refractivity contribution in [2.45, 2.75) is 53.5 Å². The summed E-state index contributed by atoms with van der Waals surface area (Å²) >= 11 is 0. The molecule has 0 amide bonds. The maximum Gasteiger partial charge on any atom is 0.0543 e. The maximum absolute atomic E-state index is 4.20. The molecule has 0 N–H and O–H groups in total. The summed E-state index contributed by atoms with van der Waals surface area (Å²) in [6, 6.07) is 0. The molecule has 0 bridgehead atoms. The van der Waals surface area contributed by atoms with E-state index in [1.165, 1.54) is 12.0 Å². The SMILES string of the molecule is CCC.Cc1cnn(C(C)(C)C)c1. The van der Waals surface area contributed by atoms with Crippen molar-refractivity contribution in [1.29, 1.82) is 0 Å². The lowest BCUT2D eigenvalue weighted by Gasteiger charge is -2.18. The number of aryl methyl sites for hydroxylation is 1. The van der Waals surface area contributed by atoms with E-state index in [9.17, 15) is 0 Å². The average molecular weight is 182 g/mol. The van der Waals surface area contributed by atoms with Gasteiger partial charge in [-0.2, -0.15) is 5.10 Å². The maximum atomic E-state index is 4.20. The highest BCUT2D eigenvalue weighted by molar-refractivity contribution is 5.01. The highest BCUT2D eigenvalue weighted by atomic mass is 15.3. The van der Waals surface area contributed by atoms with Gasteiger partial charge < -0.3 is 0 Å². The Labute approximate surface area is 82.0 Å². The number of nitrogens with zero attached hydrogens (tertiary/aromatic N) is 2. The number of hydrogen-bond acceptors (Lipinski definition) is 1. The molecule has 0 atom stereocenters. The summed E-state index contributed by atoms with van der Waals surface area (Å²) in [4.78, 5) is 0. The van der Waals surface area contributed by atoms with Gasteiger partial charge in [0.15, 0.2) is 0 Å². The van der Waals surface area contributed by atoms with E-state index in [0.29, 0.717) is 0 Å². The molecular formula is C11H22N2. The highest BCUT2D eigenvalue weighted by Crippen LogP contribution is 2.12. The lowest BCUT2D eigenvalue weighted by atomic mass is 10.1. The Morgan fingerprint density at radius 1 is 1.31 bits per heavy atom. The molecule has 1 heterocycles. The molecule has 0 saturated heterocycles. The first-order chi connectivity index (χ1) is 5.91. The molecule has 0 fully saturated rings. The van der Waals surface area contributed by atoms with Crippen LogP contribution in [0.3, 0.4) is 0 Å². The van der Waals surface area contributed by atoms with E-state index < -0.39 is 0 Å². The molecule has 0 aliphatic rings. The van der Waals surface area contributed by atoms with E-state index in [1.807, 2.05) is 10.9 Å². The van der Waals surface area contributed by atoms with Gasteiger partial charge in [-0.1, -0.05) is 20.3 Å². The topological polar surface area (TPSA) is 17.8 Å². The zero-order valence-electron chi connectivity index (χ0n) is 9.76. The second-order valence-electron chi connectivity index (χ2n) is 4.34. The predicted octanol–water partition coefficient (Wildman–Crippen LogP) is 3.36. The summed E-state index contributed by atoms with van der Waals surface area (Å²) in [5.74, 6) is 0. The third-order valence-electron chi connectivity index (χ3n) is 1.40. The zero-order valence-corrected chi connectivity index (χ0v) is 9.76. The summed E-state index contributed by atoms with van der Waals surface area (Å²) in [7, 11) is 0. The first-order valence-corrected chi connectivity index (χ1v) is 4.93. The monoisotopic (exact) mass is 182 g/mol. The molecule has 2 heteroatoms. The Morgan fingerprint density at radius 3 is 1.92 bits per heavy atom. The molecule has 0 aromatic carbocycles. The van der Waals surface area contributed by atoms with Crippen LogP contribution in [-0.4, -0.2) is 9.78 Å². The van der Waals surface area contributed by atoms with Crippen LogP contribution in [0.4, 0.5) is 0 Å². The molecule has 0 radical (unpaired) electrons. The minimum absolute atomic E-state index is 0.119. The first-order valence-electron chi connectivity index (χ1n) is 4.93. The lowest BCUT2D eigenvalue weighted by molar-refractivity contribution is 0.355. The van der Waals surface area contributed by atoms with Crippen LogP contribution in [0.2, 0.25) is 0 Å². The fourth-order valence-corrected chi connectivity index (χ4v) is 0.780. The molecule has 0 aliphatic heterocycles. The zero-order chi connectivity index (χ0) is 10.5. The van der Waals surface area contributed by atoms with Crippen molar-refractivity contribution < 1.29 is 0 Å². The van der Waals surface area contributed by atoms with Crippen LogP contribution in [0.15, 0.2) is 12.4 Å². The van der Waals surface area contributed by atoms with Gasteiger partial charge in [-0.3, -0.25) is 4.68 Å². The number of aromatic nitrogens is 2. The average Bonchev–Trinajstić information content (AvgIpc) is 2.35. The highest BCUT2D eigenvalue weighted by Gasteiger charge is 2.12. The first kappa shape index (κ1) is 12.2. The predicted molar refractivity (Wildman–Crippen MR) is 57.9 cm³/mol. The van der Waals surface area contributed by atoms with Crippen molar-refractivity contribution in [3.05, 3.63) is 18.0 Å². The van der Waals surface area contributed by atoms with Crippen molar-refractivity contribution in [3.8, 4) is 0 Å². The molecular weight excluding hydrogens is 160 g/mol. The lowest BCUT2D eigenvalue weighted by Crippen LogP contribution is -2.21. The van der Waals surface area contributed by atoms with Gasteiger partial charge in [0.2, 0.25) is 0 Å². The van der Waals surface area contributed by atoms with Gasteiger partial charge in [0.25, 0.3) is 0 Å². The third kappa shape index (κ3) is 4.71. The molecule has 2 nitrogen and oxygen atoms in total. The largest absolute Gasteiger partial charge is 0.267 e. The summed E-state index contributed by atoms with van der Waals surface area (Å²) in [5.41, 5.74) is 1.34. The number of hydrogen-bond donors (Lipinski definition) is 0. The van der Waals surface area contributed by atoms with E-state index in [0.717, 1.165) is 0 Å². The molecule has 76 valence electrons. The third-order valence-corrected chi connectivity index (χ3v) is 1.40. The molecule has 0 spiro atoms. The molecule has 1 aromatic heterocycles. The Hall–Kier alpha value is -0.790. The van der Waals surface area contributed by atoms with Crippen molar-refractivity contribution >= 4 is 0 Å². The van der Waals surface area contributed by atoms with Crippen molar-refractivity contribution in [2.75, 3.05) is 0 Å². The fourth-order valence-electron chi connectivity index (χ4n) is 0.780. The minimum atomic E-state index is 0.119. The summed E-state index contributed by atoms with van der Waals surface area (Å²) < 4.78 is 1.97. The minimum Gasteiger partial charge on any atom is -0.267 e. The van der Waals surface area contributed by atoms with Crippen LogP contribution in [-0.2, 0) is 5.54 Å². The molecule has 13 heavy (non-hydrogen) atoms. The van der Waals surface area contributed by atoms with Crippen LogP contribution in [0.25, 0.3) is 0 Å². The van der Waals surface area contributed by atoms with Crippen LogP contribution < -0.4 is 0 Å². The van der Waals surface area contributed by atoms with E-state index in [1.54, 1.807) is 0 Å². The second-order valence-corrected chi connectivity index (χ2v) is 4.34. The summed E-state index contributed by atoms with van der Waals surface area (Å²) in [6.45, 7) is 12.7. The Balaban J connectivity index is 0.000000424. The van der Waals surface area contributed by atoms with Crippen LogP contribution in [0.1, 0.15) is 46.6 Å². The molecule has 1 aromatic rings. The van der Waals surface area contributed by atoms with Gasteiger partial charge in [0.1, 0.15) is 0 Å². The van der Waals surface area contributed by atoms with Crippen LogP contribution in [0, 0.1) is 6.92 Å². The van der Waals surface area contributed by atoms with Gasteiger partial charge in [-0.25, -0.2) is 0 Å². The quantitative estimate of drug-likeness (QED) is 0.601. The van der Waals surface area contributed by atoms with E-state index in [-0.39, 0.29) is 5.54 Å². The Kier molecular flexibility index (Phi) is 4.74. The number of rotatable bonds is 0.